The summed E-state index contributed by atoms with van der Waals surface area (Å²) in [6, 6.07) is 8.67. The van der Waals surface area contributed by atoms with Gasteiger partial charge in [0.15, 0.2) is 0 Å². The first kappa shape index (κ1) is 11.9. The molecule has 0 spiro atoms. The highest BCUT2D eigenvalue weighted by atomic mass is 16.5. The zero-order valence-corrected chi connectivity index (χ0v) is 11.5. The lowest BCUT2D eigenvalue weighted by Crippen LogP contribution is -2.33. The Morgan fingerprint density at radius 3 is 3.05 bits per heavy atom. The fourth-order valence-corrected chi connectivity index (χ4v) is 3.05. The molecule has 0 amide bonds. The normalized spacial score (nSPS) is 19.8. The van der Waals surface area contributed by atoms with E-state index in [1.54, 1.807) is 0 Å². The van der Waals surface area contributed by atoms with Crippen LogP contribution in [0.5, 0.6) is 0 Å². The summed E-state index contributed by atoms with van der Waals surface area (Å²) in [5.74, 6) is 0. The SMILES string of the molecule is Cn1c2ccncc2c2ccc(C3CNCCO3)cc21. The molecule has 1 aliphatic rings. The van der Waals surface area contributed by atoms with Gasteiger partial charge < -0.3 is 14.6 Å². The average Bonchev–Trinajstić information content (AvgIpc) is 2.81. The number of nitrogens with zero attached hydrogens (tertiary/aromatic N) is 2. The van der Waals surface area contributed by atoms with Gasteiger partial charge in [-0.15, -0.1) is 0 Å². The number of hydrogen-bond acceptors (Lipinski definition) is 3. The molecule has 1 N–H and O–H groups in total. The summed E-state index contributed by atoms with van der Waals surface area (Å²) in [5.41, 5.74) is 3.69. The molecule has 0 saturated carbocycles. The fraction of sp³-hybridized carbons (Fsp3) is 0.312. The molecule has 0 bridgehead atoms. The summed E-state index contributed by atoms with van der Waals surface area (Å²) < 4.78 is 8.07. The molecule has 102 valence electrons. The lowest BCUT2D eigenvalue weighted by molar-refractivity contribution is 0.0278. The molecule has 20 heavy (non-hydrogen) atoms. The molecular formula is C16H17N3O. The molecule has 2 aromatic heterocycles. The van der Waals surface area contributed by atoms with E-state index in [1.807, 2.05) is 12.4 Å². The van der Waals surface area contributed by atoms with Crippen LogP contribution in [0.25, 0.3) is 21.8 Å². The number of benzene rings is 1. The third-order valence-electron chi connectivity index (χ3n) is 4.13. The third-order valence-corrected chi connectivity index (χ3v) is 4.13. The van der Waals surface area contributed by atoms with Crippen molar-refractivity contribution in [3.63, 3.8) is 0 Å². The van der Waals surface area contributed by atoms with Gasteiger partial charge in [0.1, 0.15) is 0 Å². The molecule has 1 saturated heterocycles. The summed E-state index contributed by atoms with van der Waals surface area (Å²) >= 11 is 0. The van der Waals surface area contributed by atoms with Gasteiger partial charge in [0, 0.05) is 48.8 Å². The van der Waals surface area contributed by atoms with Crippen molar-refractivity contribution in [2.75, 3.05) is 19.7 Å². The quantitative estimate of drug-likeness (QED) is 0.736. The smallest absolute Gasteiger partial charge is 0.0950 e. The number of aromatic nitrogens is 2. The Morgan fingerprint density at radius 1 is 1.25 bits per heavy atom. The highest BCUT2D eigenvalue weighted by Gasteiger charge is 2.17. The largest absolute Gasteiger partial charge is 0.371 e. The molecule has 4 rings (SSSR count). The molecule has 1 unspecified atom stereocenters. The Balaban J connectivity index is 1.90. The maximum Gasteiger partial charge on any atom is 0.0950 e. The van der Waals surface area contributed by atoms with Gasteiger partial charge in [0.2, 0.25) is 0 Å². The van der Waals surface area contributed by atoms with Crippen molar-refractivity contribution in [3.8, 4) is 0 Å². The summed E-state index contributed by atoms with van der Waals surface area (Å²) in [4.78, 5) is 4.24. The van der Waals surface area contributed by atoms with Crippen LogP contribution in [-0.2, 0) is 11.8 Å². The monoisotopic (exact) mass is 267 g/mol. The van der Waals surface area contributed by atoms with E-state index in [0.29, 0.717) is 0 Å². The van der Waals surface area contributed by atoms with Gasteiger partial charge in [0.05, 0.1) is 18.2 Å². The summed E-state index contributed by atoms with van der Waals surface area (Å²) in [6.07, 6.45) is 3.94. The Bertz CT molecular complexity index is 772. The molecule has 1 aliphatic heterocycles. The minimum atomic E-state index is 0.157. The first-order valence-corrected chi connectivity index (χ1v) is 6.99. The number of rotatable bonds is 1. The van der Waals surface area contributed by atoms with Crippen molar-refractivity contribution in [3.05, 3.63) is 42.2 Å². The minimum absolute atomic E-state index is 0.157. The standard InChI is InChI=1S/C16H17N3O/c1-19-14-4-5-17-9-13(14)12-3-2-11(8-15(12)19)16-10-18-6-7-20-16/h2-5,8-9,16,18H,6-7,10H2,1H3. The highest BCUT2D eigenvalue weighted by Crippen LogP contribution is 2.30. The van der Waals surface area contributed by atoms with Crippen LogP contribution in [0.4, 0.5) is 0 Å². The van der Waals surface area contributed by atoms with Crippen LogP contribution >= 0.6 is 0 Å². The third kappa shape index (κ3) is 1.72. The van der Waals surface area contributed by atoms with Crippen LogP contribution in [0.2, 0.25) is 0 Å². The van der Waals surface area contributed by atoms with Crippen LogP contribution in [0.3, 0.4) is 0 Å². The average molecular weight is 267 g/mol. The summed E-state index contributed by atoms with van der Waals surface area (Å²) in [6.45, 7) is 2.61. The first-order valence-electron chi connectivity index (χ1n) is 6.99. The van der Waals surface area contributed by atoms with E-state index in [4.69, 9.17) is 4.74 Å². The second-order valence-corrected chi connectivity index (χ2v) is 5.29. The number of aryl methyl sites for hydroxylation is 1. The van der Waals surface area contributed by atoms with Crippen LogP contribution in [-0.4, -0.2) is 29.2 Å². The maximum absolute atomic E-state index is 5.84. The van der Waals surface area contributed by atoms with Crippen molar-refractivity contribution in [1.82, 2.24) is 14.9 Å². The van der Waals surface area contributed by atoms with E-state index < -0.39 is 0 Å². The number of nitrogens with one attached hydrogen (secondary N) is 1. The molecule has 0 aliphatic carbocycles. The van der Waals surface area contributed by atoms with Crippen molar-refractivity contribution in [2.24, 2.45) is 7.05 Å². The molecule has 1 aromatic carbocycles. The van der Waals surface area contributed by atoms with E-state index >= 15 is 0 Å². The van der Waals surface area contributed by atoms with Gasteiger partial charge in [-0.05, 0) is 17.7 Å². The van der Waals surface area contributed by atoms with Crippen molar-refractivity contribution >= 4 is 21.8 Å². The number of morpholine rings is 1. The molecule has 0 radical (unpaired) electrons. The number of hydrogen-bond donors (Lipinski definition) is 1. The molecule has 1 fully saturated rings. The Kier molecular flexibility index (Phi) is 2.72. The van der Waals surface area contributed by atoms with Gasteiger partial charge in [-0.1, -0.05) is 12.1 Å². The second-order valence-electron chi connectivity index (χ2n) is 5.29. The molecule has 1 atom stereocenters. The molecule has 4 heteroatoms. The number of ether oxygens (including phenoxy) is 1. The van der Waals surface area contributed by atoms with E-state index in [2.05, 4.69) is 46.2 Å². The van der Waals surface area contributed by atoms with Gasteiger partial charge in [0.25, 0.3) is 0 Å². The number of pyridine rings is 1. The van der Waals surface area contributed by atoms with Gasteiger partial charge in [-0.3, -0.25) is 4.98 Å². The molecule has 3 aromatic rings. The predicted molar refractivity (Wildman–Crippen MR) is 79.8 cm³/mol. The van der Waals surface area contributed by atoms with E-state index in [9.17, 15) is 0 Å². The maximum atomic E-state index is 5.84. The Labute approximate surface area is 117 Å². The van der Waals surface area contributed by atoms with Crippen LogP contribution in [0.15, 0.2) is 36.7 Å². The molecule has 4 nitrogen and oxygen atoms in total. The van der Waals surface area contributed by atoms with Crippen molar-refractivity contribution < 1.29 is 4.74 Å². The Morgan fingerprint density at radius 2 is 2.20 bits per heavy atom. The topological polar surface area (TPSA) is 39.1 Å². The van der Waals surface area contributed by atoms with Gasteiger partial charge in [-0.25, -0.2) is 0 Å². The molecule has 3 heterocycles. The zero-order chi connectivity index (χ0) is 13.5. The van der Waals surface area contributed by atoms with Crippen LogP contribution < -0.4 is 5.32 Å². The predicted octanol–water partition coefficient (Wildman–Crippen LogP) is 2.39. The van der Waals surface area contributed by atoms with Crippen molar-refractivity contribution in [1.29, 1.82) is 0 Å². The first-order chi connectivity index (χ1) is 9.84. The second kappa shape index (κ2) is 4.58. The van der Waals surface area contributed by atoms with Gasteiger partial charge in [-0.2, -0.15) is 0 Å². The van der Waals surface area contributed by atoms with E-state index in [-0.39, 0.29) is 6.10 Å². The number of fused-ring (bicyclic) bond motifs is 3. The van der Waals surface area contributed by atoms with Crippen molar-refractivity contribution in [2.45, 2.75) is 6.10 Å². The van der Waals surface area contributed by atoms with Crippen LogP contribution in [0.1, 0.15) is 11.7 Å². The van der Waals surface area contributed by atoms with Gasteiger partial charge >= 0.3 is 0 Å². The van der Waals surface area contributed by atoms with Crippen LogP contribution in [0, 0.1) is 0 Å². The zero-order valence-electron chi connectivity index (χ0n) is 11.5. The lowest BCUT2D eigenvalue weighted by atomic mass is 10.1. The molecular weight excluding hydrogens is 250 g/mol. The minimum Gasteiger partial charge on any atom is -0.371 e. The van der Waals surface area contributed by atoms with E-state index in [1.165, 1.54) is 27.4 Å². The summed E-state index contributed by atoms with van der Waals surface area (Å²) in [5, 5.41) is 5.84. The van der Waals surface area contributed by atoms with E-state index in [0.717, 1.165) is 19.7 Å². The Hall–Kier alpha value is -1.91. The highest BCUT2D eigenvalue weighted by molar-refractivity contribution is 6.07. The lowest BCUT2D eigenvalue weighted by Gasteiger charge is -2.24. The fourth-order valence-electron chi connectivity index (χ4n) is 3.05. The summed E-state index contributed by atoms with van der Waals surface area (Å²) in [7, 11) is 2.11.